The Morgan fingerprint density at radius 1 is 1.08 bits per heavy atom. The van der Waals surface area contributed by atoms with Gasteiger partial charge in [0.1, 0.15) is 24.5 Å². The predicted octanol–water partition coefficient (Wildman–Crippen LogP) is 4.47. The van der Waals surface area contributed by atoms with Crippen LogP contribution in [0.5, 0.6) is 11.5 Å². The molecule has 0 spiro atoms. The van der Waals surface area contributed by atoms with E-state index in [0.29, 0.717) is 21.5 Å². The molecule has 128 valence electrons. The molecular weight excluding hydrogens is 377 g/mol. The molecule has 5 nitrogen and oxygen atoms in total. The van der Waals surface area contributed by atoms with E-state index in [2.05, 4.69) is 0 Å². The van der Waals surface area contributed by atoms with Gasteiger partial charge in [-0.3, -0.25) is 0 Å². The lowest BCUT2D eigenvalue weighted by molar-refractivity contribution is 0.0447. The van der Waals surface area contributed by atoms with Crippen molar-refractivity contribution in [2.75, 3.05) is 26.1 Å². The summed E-state index contributed by atoms with van der Waals surface area (Å²) in [6.07, 6.45) is 0. The van der Waals surface area contributed by atoms with Crippen LogP contribution in [0.2, 0.25) is 15.1 Å². The molecule has 0 atom stereocenters. The molecule has 0 radical (unpaired) electrons. The third-order valence-electron chi connectivity index (χ3n) is 3.02. The van der Waals surface area contributed by atoms with Crippen molar-refractivity contribution in [1.82, 2.24) is 0 Å². The van der Waals surface area contributed by atoms with Crippen LogP contribution in [0, 0.1) is 0 Å². The number of nitrogens with two attached hydrogens (primary N) is 1. The number of para-hydroxylation sites is 1. The molecule has 0 bridgehead atoms. The van der Waals surface area contributed by atoms with Crippen molar-refractivity contribution >= 4 is 46.5 Å². The van der Waals surface area contributed by atoms with Gasteiger partial charge in [0, 0.05) is 6.07 Å². The summed E-state index contributed by atoms with van der Waals surface area (Å²) in [5.41, 5.74) is 6.15. The van der Waals surface area contributed by atoms with Crippen molar-refractivity contribution in [3.8, 4) is 11.5 Å². The molecule has 0 heterocycles. The Morgan fingerprint density at radius 2 is 1.75 bits per heavy atom. The molecule has 0 amide bonds. The lowest BCUT2D eigenvalue weighted by Crippen LogP contribution is -2.13. The lowest BCUT2D eigenvalue weighted by Gasteiger charge is -2.12. The number of carbonyl (C=O) groups is 1. The molecule has 0 fully saturated rings. The highest BCUT2D eigenvalue weighted by atomic mass is 35.5. The second-order valence-corrected chi connectivity index (χ2v) is 5.83. The summed E-state index contributed by atoms with van der Waals surface area (Å²) in [4.78, 5) is 12.1. The van der Waals surface area contributed by atoms with E-state index in [1.54, 1.807) is 18.2 Å². The van der Waals surface area contributed by atoms with Gasteiger partial charge in [-0.1, -0.05) is 40.9 Å². The topological polar surface area (TPSA) is 70.8 Å². The fourth-order valence-electron chi connectivity index (χ4n) is 1.87. The Balaban J connectivity index is 1.96. The number of benzene rings is 2. The fourth-order valence-corrected chi connectivity index (χ4v) is 2.54. The maximum absolute atomic E-state index is 12.1. The van der Waals surface area contributed by atoms with Crippen molar-refractivity contribution in [1.29, 1.82) is 0 Å². The van der Waals surface area contributed by atoms with Gasteiger partial charge in [0.25, 0.3) is 0 Å². The molecule has 0 saturated carbocycles. The van der Waals surface area contributed by atoms with E-state index in [-0.39, 0.29) is 29.5 Å². The number of rotatable bonds is 6. The molecular formula is C16H14Cl3NO4. The van der Waals surface area contributed by atoms with Crippen LogP contribution >= 0.6 is 34.8 Å². The van der Waals surface area contributed by atoms with E-state index >= 15 is 0 Å². The number of methoxy groups -OCH3 is 1. The number of ether oxygens (including phenoxy) is 3. The molecule has 0 aliphatic rings. The first-order valence-corrected chi connectivity index (χ1v) is 7.94. The van der Waals surface area contributed by atoms with E-state index in [4.69, 9.17) is 54.7 Å². The smallest absolute Gasteiger partial charge is 0.342 e. The van der Waals surface area contributed by atoms with Gasteiger partial charge in [-0.25, -0.2) is 4.79 Å². The number of esters is 1. The first-order valence-electron chi connectivity index (χ1n) is 6.81. The van der Waals surface area contributed by atoms with Crippen LogP contribution in [-0.2, 0) is 4.74 Å². The van der Waals surface area contributed by atoms with Gasteiger partial charge in [-0.15, -0.1) is 0 Å². The van der Waals surface area contributed by atoms with E-state index in [1.807, 2.05) is 0 Å². The molecule has 2 rings (SSSR count). The van der Waals surface area contributed by atoms with Gasteiger partial charge < -0.3 is 19.9 Å². The van der Waals surface area contributed by atoms with Crippen LogP contribution in [0.15, 0.2) is 30.3 Å². The van der Waals surface area contributed by atoms with E-state index in [0.717, 1.165) is 0 Å². The minimum absolute atomic E-state index is 0.00840. The zero-order valence-electron chi connectivity index (χ0n) is 12.6. The van der Waals surface area contributed by atoms with Crippen molar-refractivity contribution < 1.29 is 19.0 Å². The highest BCUT2D eigenvalue weighted by molar-refractivity contribution is 6.37. The molecule has 0 aromatic heterocycles. The largest absolute Gasteiger partial charge is 0.496 e. The van der Waals surface area contributed by atoms with Gasteiger partial charge in [-0.2, -0.15) is 0 Å². The number of hydrogen-bond acceptors (Lipinski definition) is 5. The highest BCUT2D eigenvalue weighted by Crippen LogP contribution is 2.32. The Morgan fingerprint density at radius 3 is 2.38 bits per heavy atom. The minimum Gasteiger partial charge on any atom is -0.496 e. The molecule has 2 aromatic carbocycles. The van der Waals surface area contributed by atoms with Crippen molar-refractivity contribution in [3.05, 3.63) is 51.0 Å². The maximum atomic E-state index is 12.1. The Bertz CT molecular complexity index is 732. The normalized spacial score (nSPS) is 10.3. The zero-order valence-corrected chi connectivity index (χ0v) is 14.9. The number of halogens is 3. The summed E-state index contributed by atoms with van der Waals surface area (Å²) in [5, 5.41) is 0.989. The van der Waals surface area contributed by atoms with Gasteiger partial charge in [0.15, 0.2) is 5.75 Å². The van der Waals surface area contributed by atoms with Crippen LogP contribution in [0.1, 0.15) is 10.4 Å². The Hall–Kier alpha value is -1.82. The van der Waals surface area contributed by atoms with Crippen LogP contribution in [-0.4, -0.2) is 26.3 Å². The summed E-state index contributed by atoms with van der Waals surface area (Å²) in [5.74, 6) is 0.00423. The van der Waals surface area contributed by atoms with Gasteiger partial charge >= 0.3 is 5.97 Å². The molecule has 0 unspecified atom stereocenters. The minimum atomic E-state index is -0.609. The fraction of sp³-hybridized carbons (Fsp3) is 0.188. The van der Waals surface area contributed by atoms with E-state index < -0.39 is 5.97 Å². The summed E-state index contributed by atoms with van der Waals surface area (Å²) >= 11 is 17.9. The van der Waals surface area contributed by atoms with Crippen molar-refractivity contribution in [3.63, 3.8) is 0 Å². The standard InChI is InChI=1S/C16H14Cl3NO4/c1-22-14-8-13(20)12(19)7-9(14)16(21)24-6-5-23-15-10(17)3-2-4-11(15)18/h2-4,7-8H,5-6,20H2,1H3. The monoisotopic (exact) mass is 389 g/mol. The Labute approximate surface area is 154 Å². The first-order chi connectivity index (χ1) is 11.4. The van der Waals surface area contributed by atoms with E-state index in [1.165, 1.54) is 19.2 Å². The zero-order chi connectivity index (χ0) is 17.7. The van der Waals surface area contributed by atoms with Crippen LogP contribution < -0.4 is 15.2 Å². The van der Waals surface area contributed by atoms with Gasteiger partial charge in [0.2, 0.25) is 0 Å². The quantitative estimate of drug-likeness (QED) is 0.447. The number of carbonyl (C=O) groups excluding carboxylic acids is 1. The molecule has 2 aromatic rings. The molecule has 2 N–H and O–H groups in total. The van der Waals surface area contributed by atoms with Crippen molar-refractivity contribution in [2.24, 2.45) is 0 Å². The number of anilines is 1. The third-order valence-corrected chi connectivity index (χ3v) is 3.94. The average Bonchev–Trinajstić information content (AvgIpc) is 2.55. The average molecular weight is 391 g/mol. The molecule has 0 saturated heterocycles. The lowest BCUT2D eigenvalue weighted by atomic mass is 10.2. The molecule has 0 aliphatic carbocycles. The van der Waals surface area contributed by atoms with Crippen molar-refractivity contribution in [2.45, 2.75) is 0 Å². The molecule has 24 heavy (non-hydrogen) atoms. The predicted molar refractivity (Wildman–Crippen MR) is 94.7 cm³/mol. The first kappa shape index (κ1) is 18.5. The number of hydrogen-bond donors (Lipinski definition) is 1. The summed E-state index contributed by atoms with van der Waals surface area (Å²) < 4.78 is 15.7. The van der Waals surface area contributed by atoms with E-state index in [9.17, 15) is 4.79 Å². The molecule has 8 heteroatoms. The number of nitrogen functional groups attached to an aromatic ring is 1. The summed E-state index contributed by atoms with van der Waals surface area (Å²) in [7, 11) is 1.42. The second-order valence-electron chi connectivity index (χ2n) is 4.61. The van der Waals surface area contributed by atoms with Crippen LogP contribution in [0.3, 0.4) is 0 Å². The summed E-state index contributed by atoms with van der Waals surface area (Å²) in [6.45, 7) is 0.0751. The second kappa shape index (κ2) is 8.33. The van der Waals surface area contributed by atoms with Crippen LogP contribution in [0.25, 0.3) is 0 Å². The van der Waals surface area contributed by atoms with Gasteiger partial charge in [-0.05, 0) is 18.2 Å². The Kier molecular flexibility index (Phi) is 6.43. The highest BCUT2D eigenvalue weighted by Gasteiger charge is 2.16. The SMILES string of the molecule is COc1cc(N)c(Cl)cc1C(=O)OCCOc1c(Cl)cccc1Cl. The molecule has 0 aliphatic heterocycles. The van der Waals surface area contributed by atoms with Crippen LogP contribution in [0.4, 0.5) is 5.69 Å². The third kappa shape index (κ3) is 4.38. The maximum Gasteiger partial charge on any atom is 0.342 e. The van der Waals surface area contributed by atoms with Gasteiger partial charge in [0.05, 0.1) is 27.9 Å². The summed E-state index contributed by atoms with van der Waals surface area (Å²) in [6, 6.07) is 7.85.